The van der Waals surface area contributed by atoms with Crippen LogP contribution in [-0.2, 0) is 4.74 Å². The van der Waals surface area contributed by atoms with Gasteiger partial charge >= 0.3 is 0 Å². The molecule has 0 aromatic heterocycles. The molecule has 3 heteroatoms. The third-order valence-electron chi connectivity index (χ3n) is 3.39. The molecule has 0 aliphatic carbocycles. The first kappa shape index (κ1) is 10.8. The minimum absolute atomic E-state index is 0.767. The zero-order valence-corrected chi connectivity index (χ0v) is 9.81. The van der Waals surface area contributed by atoms with Crippen molar-refractivity contribution in [2.24, 2.45) is 5.92 Å². The van der Waals surface area contributed by atoms with Gasteiger partial charge in [0.1, 0.15) is 0 Å². The van der Waals surface area contributed by atoms with E-state index in [0.717, 1.165) is 30.4 Å². The molecule has 0 bridgehead atoms. The van der Waals surface area contributed by atoms with Crippen LogP contribution in [0.3, 0.4) is 0 Å². The maximum absolute atomic E-state index is 5.36. The first-order valence-electron chi connectivity index (χ1n) is 5.79. The summed E-state index contributed by atoms with van der Waals surface area (Å²) in [4.78, 5) is 0. The molecule has 0 amide bonds. The Bertz CT molecular complexity index is 171. The Labute approximate surface area is 91.2 Å². The fourth-order valence-electron chi connectivity index (χ4n) is 2.27. The van der Waals surface area contributed by atoms with Gasteiger partial charge in [-0.3, -0.25) is 0 Å². The highest BCUT2D eigenvalue weighted by molar-refractivity contribution is 8.00. The number of ether oxygens (including phenoxy) is 1. The summed E-state index contributed by atoms with van der Waals surface area (Å²) in [6.45, 7) is 5.50. The van der Waals surface area contributed by atoms with E-state index in [0.29, 0.717) is 0 Å². The zero-order valence-electron chi connectivity index (χ0n) is 9.00. The smallest absolute Gasteiger partial charge is 0.0469 e. The summed E-state index contributed by atoms with van der Waals surface area (Å²) >= 11 is 2.10. The minimum atomic E-state index is 0.767. The van der Waals surface area contributed by atoms with Crippen LogP contribution in [0.15, 0.2) is 0 Å². The van der Waals surface area contributed by atoms with E-state index in [1.54, 1.807) is 0 Å². The third kappa shape index (κ3) is 2.88. The van der Waals surface area contributed by atoms with Crippen molar-refractivity contribution in [2.45, 2.75) is 37.5 Å². The van der Waals surface area contributed by atoms with Gasteiger partial charge in [-0.2, -0.15) is 11.8 Å². The molecule has 2 aliphatic rings. The Kier molecular flexibility index (Phi) is 4.14. The summed E-state index contributed by atoms with van der Waals surface area (Å²) in [5, 5.41) is 4.54. The summed E-state index contributed by atoms with van der Waals surface area (Å²) in [7, 11) is 0. The van der Waals surface area contributed by atoms with Crippen LogP contribution in [0.1, 0.15) is 26.2 Å². The molecule has 2 fully saturated rings. The van der Waals surface area contributed by atoms with Crippen molar-refractivity contribution in [1.29, 1.82) is 0 Å². The van der Waals surface area contributed by atoms with Crippen molar-refractivity contribution >= 4 is 11.8 Å². The summed E-state index contributed by atoms with van der Waals surface area (Å²) < 4.78 is 5.36. The van der Waals surface area contributed by atoms with Gasteiger partial charge in [-0.25, -0.2) is 0 Å². The minimum Gasteiger partial charge on any atom is -0.381 e. The molecular weight excluding hydrogens is 194 g/mol. The van der Waals surface area contributed by atoms with Gasteiger partial charge in [-0.1, -0.05) is 6.92 Å². The van der Waals surface area contributed by atoms with Crippen molar-refractivity contribution in [3.63, 3.8) is 0 Å². The highest BCUT2D eigenvalue weighted by atomic mass is 32.2. The molecule has 2 aliphatic heterocycles. The fourth-order valence-corrected chi connectivity index (χ4v) is 3.49. The van der Waals surface area contributed by atoms with E-state index < -0.39 is 0 Å². The highest BCUT2D eigenvalue weighted by Gasteiger charge is 2.24. The lowest BCUT2D eigenvalue weighted by molar-refractivity contribution is 0.0655. The molecule has 0 saturated carbocycles. The average Bonchev–Trinajstić information content (AvgIpc) is 2.63. The second-order valence-corrected chi connectivity index (χ2v) is 5.92. The summed E-state index contributed by atoms with van der Waals surface area (Å²) in [6, 6.07) is 0.767. The summed E-state index contributed by atoms with van der Waals surface area (Å²) in [6.07, 6.45) is 3.86. The van der Waals surface area contributed by atoms with Gasteiger partial charge in [0.2, 0.25) is 0 Å². The molecule has 0 radical (unpaired) electrons. The van der Waals surface area contributed by atoms with Gasteiger partial charge in [-0.05, 0) is 37.5 Å². The normalized spacial score (nSPS) is 34.9. The largest absolute Gasteiger partial charge is 0.381 e. The lowest BCUT2D eigenvalue weighted by Gasteiger charge is -2.25. The Morgan fingerprint density at radius 1 is 1.29 bits per heavy atom. The molecule has 0 aromatic carbocycles. The average molecular weight is 215 g/mol. The quantitative estimate of drug-likeness (QED) is 0.777. The van der Waals surface area contributed by atoms with Crippen LogP contribution < -0.4 is 5.32 Å². The van der Waals surface area contributed by atoms with Gasteiger partial charge < -0.3 is 10.1 Å². The first-order valence-corrected chi connectivity index (χ1v) is 6.84. The molecule has 2 rings (SSSR count). The van der Waals surface area contributed by atoms with E-state index in [4.69, 9.17) is 4.74 Å². The van der Waals surface area contributed by atoms with Crippen LogP contribution in [0, 0.1) is 5.92 Å². The van der Waals surface area contributed by atoms with E-state index >= 15 is 0 Å². The molecule has 2 nitrogen and oxygen atoms in total. The molecule has 0 spiro atoms. The van der Waals surface area contributed by atoms with Crippen LogP contribution >= 0.6 is 11.8 Å². The predicted molar refractivity (Wildman–Crippen MR) is 61.9 cm³/mol. The van der Waals surface area contributed by atoms with E-state index in [-0.39, 0.29) is 0 Å². The van der Waals surface area contributed by atoms with E-state index in [9.17, 15) is 0 Å². The van der Waals surface area contributed by atoms with Crippen LogP contribution in [0.25, 0.3) is 0 Å². The maximum atomic E-state index is 5.36. The predicted octanol–water partition coefficient (Wildman–Crippen LogP) is 1.90. The second-order valence-electron chi connectivity index (χ2n) is 4.44. The van der Waals surface area contributed by atoms with Crippen molar-refractivity contribution in [3.8, 4) is 0 Å². The van der Waals surface area contributed by atoms with Gasteiger partial charge in [0.05, 0.1) is 0 Å². The molecular formula is C11H21NOS. The number of nitrogens with one attached hydrogen (secondary N) is 1. The van der Waals surface area contributed by atoms with E-state index in [1.807, 2.05) is 0 Å². The van der Waals surface area contributed by atoms with Crippen LogP contribution in [0.5, 0.6) is 0 Å². The molecule has 2 saturated heterocycles. The van der Waals surface area contributed by atoms with Gasteiger partial charge in [0.15, 0.2) is 0 Å². The number of rotatable bonds is 3. The topological polar surface area (TPSA) is 21.3 Å². The number of thioether (sulfide) groups is 1. The van der Waals surface area contributed by atoms with Crippen LogP contribution in [-0.4, -0.2) is 36.8 Å². The Balaban J connectivity index is 1.65. The zero-order chi connectivity index (χ0) is 9.80. The molecule has 2 heterocycles. The lowest BCUT2D eigenvalue weighted by Crippen LogP contribution is -2.38. The fraction of sp³-hybridized carbons (Fsp3) is 1.00. The number of hydrogen-bond donors (Lipinski definition) is 1. The molecule has 0 aromatic rings. The standard InChI is InChI=1S/C11H21NOS/c1-9-11(4-7-14-9)12-8-10-2-5-13-6-3-10/h9-12H,2-8H2,1H3. The Hall–Kier alpha value is 0.270. The van der Waals surface area contributed by atoms with Crippen molar-refractivity contribution in [3.05, 3.63) is 0 Å². The first-order chi connectivity index (χ1) is 6.86. The third-order valence-corrected chi connectivity index (χ3v) is 4.71. The molecule has 14 heavy (non-hydrogen) atoms. The summed E-state index contributed by atoms with van der Waals surface area (Å²) in [5.74, 6) is 2.20. The van der Waals surface area contributed by atoms with Crippen molar-refractivity contribution < 1.29 is 4.74 Å². The van der Waals surface area contributed by atoms with Crippen LogP contribution in [0.4, 0.5) is 0 Å². The Morgan fingerprint density at radius 2 is 2.07 bits per heavy atom. The van der Waals surface area contributed by atoms with Crippen molar-refractivity contribution in [1.82, 2.24) is 5.32 Å². The number of hydrogen-bond acceptors (Lipinski definition) is 3. The van der Waals surface area contributed by atoms with Gasteiger partial charge in [0, 0.05) is 24.5 Å². The molecule has 2 unspecified atom stereocenters. The monoisotopic (exact) mass is 215 g/mol. The van der Waals surface area contributed by atoms with Crippen LogP contribution in [0.2, 0.25) is 0 Å². The Morgan fingerprint density at radius 3 is 2.71 bits per heavy atom. The highest BCUT2D eigenvalue weighted by Crippen LogP contribution is 2.26. The SMILES string of the molecule is CC1SCCC1NCC1CCOCC1. The molecule has 1 N–H and O–H groups in total. The molecule has 82 valence electrons. The maximum Gasteiger partial charge on any atom is 0.0469 e. The van der Waals surface area contributed by atoms with E-state index in [2.05, 4.69) is 24.0 Å². The second kappa shape index (κ2) is 5.38. The molecule has 2 atom stereocenters. The summed E-state index contributed by atoms with van der Waals surface area (Å²) in [5.41, 5.74) is 0. The van der Waals surface area contributed by atoms with Crippen molar-refractivity contribution in [2.75, 3.05) is 25.5 Å². The van der Waals surface area contributed by atoms with E-state index in [1.165, 1.54) is 31.6 Å². The van der Waals surface area contributed by atoms with Gasteiger partial charge in [-0.15, -0.1) is 0 Å². The lowest BCUT2D eigenvalue weighted by atomic mass is 9.99. The van der Waals surface area contributed by atoms with Gasteiger partial charge in [0.25, 0.3) is 0 Å².